The monoisotopic (exact) mass is 304 g/mol. The van der Waals surface area contributed by atoms with Crippen LogP contribution in [0.25, 0.3) is 0 Å². The van der Waals surface area contributed by atoms with Crippen LogP contribution in [0.1, 0.15) is 23.2 Å². The van der Waals surface area contributed by atoms with Gasteiger partial charge in [0.05, 0.1) is 10.8 Å². The van der Waals surface area contributed by atoms with Crippen LogP contribution in [0, 0.1) is 0 Å². The van der Waals surface area contributed by atoms with Crippen molar-refractivity contribution in [2.45, 2.75) is 18.1 Å². The van der Waals surface area contributed by atoms with Crippen LogP contribution in [0.15, 0.2) is 18.2 Å². The molecule has 1 fully saturated rings. The Bertz CT molecular complexity index is 431. The van der Waals surface area contributed by atoms with Gasteiger partial charge in [-0.1, -0.05) is 23.2 Å². The highest BCUT2D eigenvalue weighted by atomic mass is 35.5. The fourth-order valence-electron chi connectivity index (χ4n) is 1.83. The standard InChI is InChI=1S/C13H14Cl2O2S/c14-9-1-2-11(12(15)7-9)13(16)8-18-10-3-5-17-6-4-10/h1-2,7,10H,3-6,8H2. The molecule has 1 saturated heterocycles. The number of hydrogen-bond acceptors (Lipinski definition) is 3. The van der Waals surface area contributed by atoms with Gasteiger partial charge >= 0.3 is 0 Å². The van der Waals surface area contributed by atoms with E-state index < -0.39 is 0 Å². The number of carbonyl (C=O) groups excluding carboxylic acids is 1. The molecule has 0 saturated carbocycles. The molecule has 2 nitrogen and oxygen atoms in total. The Labute approximate surface area is 121 Å². The third kappa shape index (κ3) is 3.89. The maximum Gasteiger partial charge on any atom is 0.174 e. The summed E-state index contributed by atoms with van der Waals surface area (Å²) in [6.45, 7) is 1.60. The molecule has 0 spiro atoms. The quantitative estimate of drug-likeness (QED) is 0.784. The average Bonchev–Trinajstić information content (AvgIpc) is 2.37. The second kappa shape index (κ2) is 6.80. The fraction of sp³-hybridized carbons (Fsp3) is 0.462. The minimum Gasteiger partial charge on any atom is -0.381 e. The molecule has 5 heteroatoms. The van der Waals surface area contributed by atoms with E-state index in [1.165, 1.54) is 0 Å². The minimum absolute atomic E-state index is 0.0631. The van der Waals surface area contributed by atoms with Gasteiger partial charge in [-0.05, 0) is 31.0 Å². The lowest BCUT2D eigenvalue weighted by atomic mass is 10.1. The molecule has 0 N–H and O–H groups in total. The van der Waals surface area contributed by atoms with Gasteiger partial charge in [-0.15, -0.1) is 0 Å². The first-order valence-corrected chi connectivity index (χ1v) is 7.65. The summed E-state index contributed by atoms with van der Waals surface area (Å²) in [4.78, 5) is 12.0. The Hall–Kier alpha value is -0.220. The lowest BCUT2D eigenvalue weighted by Gasteiger charge is -2.21. The van der Waals surface area contributed by atoms with Crippen molar-refractivity contribution in [2.24, 2.45) is 0 Å². The summed E-state index contributed by atoms with van der Waals surface area (Å²) in [5.41, 5.74) is 0.556. The SMILES string of the molecule is O=C(CSC1CCOCC1)c1ccc(Cl)cc1Cl. The van der Waals surface area contributed by atoms with Crippen molar-refractivity contribution in [1.82, 2.24) is 0 Å². The van der Waals surface area contributed by atoms with Gasteiger partial charge in [0, 0.05) is 29.0 Å². The molecule has 18 heavy (non-hydrogen) atoms. The zero-order valence-corrected chi connectivity index (χ0v) is 12.2. The Balaban J connectivity index is 1.90. The van der Waals surface area contributed by atoms with E-state index in [4.69, 9.17) is 27.9 Å². The van der Waals surface area contributed by atoms with Crippen molar-refractivity contribution in [3.05, 3.63) is 33.8 Å². The summed E-state index contributed by atoms with van der Waals surface area (Å²) in [6.07, 6.45) is 2.04. The number of hydrogen-bond donors (Lipinski definition) is 0. The van der Waals surface area contributed by atoms with E-state index in [0.29, 0.717) is 26.6 Å². The van der Waals surface area contributed by atoms with Gasteiger partial charge in [0.25, 0.3) is 0 Å². The predicted molar refractivity (Wildman–Crippen MR) is 77.1 cm³/mol. The van der Waals surface area contributed by atoms with Crippen molar-refractivity contribution in [2.75, 3.05) is 19.0 Å². The molecule has 2 rings (SSSR count). The number of ether oxygens (including phenoxy) is 1. The zero-order chi connectivity index (χ0) is 13.0. The molecule has 1 aliphatic rings. The van der Waals surface area contributed by atoms with Crippen molar-refractivity contribution < 1.29 is 9.53 Å². The maximum absolute atomic E-state index is 12.0. The van der Waals surface area contributed by atoms with E-state index in [-0.39, 0.29) is 5.78 Å². The largest absolute Gasteiger partial charge is 0.381 e. The number of carbonyl (C=O) groups is 1. The number of benzene rings is 1. The molecule has 1 aromatic rings. The summed E-state index contributed by atoms with van der Waals surface area (Å²) < 4.78 is 5.29. The second-order valence-electron chi connectivity index (χ2n) is 4.17. The van der Waals surface area contributed by atoms with E-state index in [0.717, 1.165) is 26.1 Å². The summed E-state index contributed by atoms with van der Waals surface area (Å²) in [6, 6.07) is 4.99. The van der Waals surface area contributed by atoms with Crippen molar-refractivity contribution in [1.29, 1.82) is 0 Å². The molecule has 1 aromatic carbocycles. The Morgan fingerprint density at radius 3 is 2.72 bits per heavy atom. The fourth-order valence-corrected chi connectivity index (χ4v) is 3.41. The van der Waals surface area contributed by atoms with Crippen molar-refractivity contribution in [3.8, 4) is 0 Å². The van der Waals surface area contributed by atoms with Crippen molar-refractivity contribution >= 4 is 40.7 Å². The molecule has 0 atom stereocenters. The maximum atomic E-state index is 12.0. The minimum atomic E-state index is 0.0631. The molecule has 0 amide bonds. The molecule has 0 unspecified atom stereocenters. The molecule has 1 aliphatic heterocycles. The van der Waals surface area contributed by atoms with Gasteiger partial charge in [0.2, 0.25) is 0 Å². The molecule has 0 aliphatic carbocycles. The van der Waals surface area contributed by atoms with Crippen LogP contribution >= 0.6 is 35.0 Å². The molecular weight excluding hydrogens is 291 g/mol. The van der Waals surface area contributed by atoms with Crippen LogP contribution in [0.5, 0.6) is 0 Å². The second-order valence-corrected chi connectivity index (χ2v) is 6.30. The van der Waals surface area contributed by atoms with E-state index in [2.05, 4.69) is 0 Å². The highest BCUT2D eigenvalue weighted by molar-refractivity contribution is 8.00. The Morgan fingerprint density at radius 1 is 1.33 bits per heavy atom. The smallest absolute Gasteiger partial charge is 0.174 e. The Kier molecular flexibility index (Phi) is 5.37. The van der Waals surface area contributed by atoms with Gasteiger partial charge in [-0.25, -0.2) is 0 Å². The van der Waals surface area contributed by atoms with E-state index in [1.807, 2.05) is 0 Å². The van der Waals surface area contributed by atoms with Gasteiger partial charge in [-0.3, -0.25) is 4.79 Å². The number of ketones is 1. The average molecular weight is 305 g/mol. The lowest BCUT2D eigenvalue weighted by Crippen LogP contribution is -2.19. The normalized spacial score (nSPS) is 16.8. The highest BCUT2D eigenvalue weighted by Crippen LogP contribution is 2.26. The summed E-state index contributed by atoms with van der Waals surface area (Å²) in [7, 11) is 0. The first-order chi connectivity index (χ1) is 8.66. The third-order valence-electron chi connectivity index (χ3n) is 2.85. The van der Waals surface area contributed by atoms with Crippen LogP contribution in [0.2, 0.25) is 10.0 Å². The van der Waals surface area contributed by atoms with Crippen LogP contribution in [-0.2, 0) is 4.74 Å². The Morgan fingerprint density at radius 2 is 2.06 bits per heavy atom. The predicted octanol–water partition coefficient (Wildman–Crippen LogP) is 4.09. The molecule has 98 valence electrons. The highest BCUT2D eigenvalue weighted by Gasteiger charge is 2.17. The first-order valence-electron chi connectivity index (χ1n) is 5.84. The summed E-state index contributed by atoms with van der Waals surface area (Å²) >= 11 is 13.5. The van der Waals surface area contributed by atoms with E-state index >= 15 is 0 Å². The van der Waals surface area contributed by atoms with Crippen LogP contribution < -0.4 is 0 Å². The summed E-state index contributed by atoms with van der Waals surface area (Å²) in [5, 5.41) is 1.50. The van der Waals surface area contributed by atoms with E-state index in [1.54, 1.807) is 30.0 Å². The molecule has 0 bridgehead atoms. The number of Topliss-reactive ketones (excluding diaryl/α,β-unsaturated/α-hetero) is 1. The van der Waals surface area contributed by atoms with Crippen LogP contribution in [0.3, 0.4) is 0 Å². The topological polar surface area (TPSA) is 26.3 Å². The van der Waals surface area contributed by atoms with Gasteiger partial charge in [0.1, 0.15) is 0 Å². The van der Waals surface area contributed by atoms with Gasteiger partial charge in [0.15, 0.2) is 5.78 Å². The number of halogens is 2. The lowest BCUT2D eigenvalue weighted by molar-refractivity contribution is 0.0988. The first kappa shape index (κ1) is 14.2. The number of rotatable bonds is 4. The van der Waals surface area contributed by atoms with E-state index in [9.17, 15) is 4.79 Å². The molecule has 0 aromatic heterocycles. The van der Waals surface area contributed by atoms with Crippen LogP contribution in [-0.4, -0.2) is 30.0 Å². The van der Waals surface area contributed by atoms with Gasteiger partial charge in [-0.2, -0.15) is 11.8 Å². The molecular formula is C13H14Cl2O2S. The molecule has 1 heterocycles. The molecule has 0 radical (unpaired) electrons. The van der Waals surface area contributed by atoms with Crippen LogP contribution in [0.4, 0.5) is 0 Å². The third-order valence-corrected chi connectivity index (χ3v) is 4.77. The van der Waals surface area contributed by atoms with Crippen molar-refractivity contribution in [3.63, 3.8) is 0 Å². The number of thioether (sulfide) groups is 1. The zero-order valence-electron chi connectivity index (χ0n) is 9.83. The summed E-state index contributed by atoms with van der Waals surface area (Å²) in [5.74, 6) is 0.527. The van der Waals surface area contributed by atoms with Gasteiger partial charge < -0.3 is 4.74 Å².